The summed E-state index contributed by atoms with van der Waals surface area (Å²) >= 11 is 3.38. The molecule has 1 aromatic heterocycles. The monoisotopic (exact) mass is 350 g/mol. The Morgan fingerprint density at radius 2 is 2.14 bits per heavy atom. The average molecular weight is 351 g/mol. The summed E-state index contributed by atoms with van der Waals surface area (Å²) in [7, 11) is 0. The molecule has 0 saturated heterocycles. The van der Waals surface area contributed by atoms with Crippen molar-refractivity contribution in [1.29, 1.82) is 0 Å². The zero-order valence-corrected chi connectivity index (χ0v) is 13.5. The number of hydrogen-bond donors (Lipinski definition) is 2. The zero-order chi connectivity index (χ0) is 15.2. The minimum absolute atomic E-state index is 0.0564. The van der Waals surface area contributed by atoms with Crippen LogP contribution in [0.5, 0.6) is 0 Å². The SMILES string of the molecule is CC(N)CC(=O)Nc1ccc(CCn2cc(Br)cn2)cc1. The number of aromatic nitrogens is 2. The lowest BCUT2D eigenvalue weighted by Crippen LogP contribution is -2.23. The van der Waals surface area contributed by atoms with Gasteiger partial charge in [-0.05, 0) is 47.0 Å². The van der Waals surface area contributed by atoms with Crippen molar-refractivity contribution in [3.63, 3.8) is 0 Å². The number of aryl methyl sites for hydroxylation is 2. The molecule has 1 heterocycles. The van der Waals surface area contributed by atoms with E-state index in [1.165, 1.54) is 5.56 Å². The second-order valence-electron chi connectivity index (χ2n) is 5.10. The van der Waals surface area contributed by atoms with Crippen LogP contribution in [-0.4, -0.2) is 21.7 Å². The maximum absolute atomic E-state index is 11.6. The fourth-order valence-electron chi connectivity index (χ4n) is 1.96. The molecular formula is C15H19BrN4O. The van der Waals surface area contributed by atoms with Crippen molar-refractivity contribution in [3.8, 4) is 0 Å². The lowest BCUT2D eigenvalue weighted by atomic mass is 10.1. The quantitative estimate of drug-likeness (QED) is 0.840. The topological polar surface area (TPSA) is 72.9 Å². The molecule has 0 radical (unpaired) electrons. The van der Waals surface area contributed by atoms with Gasteiger partial charge in [-0.15, -0.1) is 0 Å². The van der Waals surface area contributed by atoms with Crippen LogP contribution in [0, 0.1) is 0 Å². The van der Waals surface area contributed by atoms with E-state index in [0.29, 0.717) is 6.42 Å². The largest absolute Gasteiger partial charge is 0.327 e. The molecule has 6 heteroatoms. The minimum Gasteiger partial charge on any atom is -0.327 e. The van der Waals surface area contributed by atoms with Crippen LogP contribution in [0.1, 0.15) is 18.9 Å². The molecule has 5 nitrogen and oxygen atoms in total. The molecular weight excluding hydrogens is 332 g/mol. The van der Waals surface area contributed by atoms with Gasteiger partial charge < -0.3 is 11.1 Å². The Hall–Kier alpha value is -1.66. The molecule has 0 aliphatic carbocycles. The number of carbonyl (C=O) groups excluding carboxylic acids is 1. The first-order valence-electron chi connectivity index (χ1n) is 6.85. The van der Waals surface area contributed by atoms with Crippen LogP contribution >= 0.6 is 15.9 Å². The van der Waals surface area contributed by atoms with Crippen LogP contribution in [0.2, 0.25) is 0 Å². The van der Waals surface area contributed by atoms with E-state index >= 15 is 0 Å². The van der Waals surface area contributed by atoms with Crippen molar-refractivity contribution in [1.82, 2.24) is 9.78 Å². The number of hydrogen-bond acceptors (Lipinski definition) is 3. The van der Waals surface area contributed by atoms with Crippen LogP contribution in [-0.2, 0) is 17.8 Å². The van der Waals surface area contributed by atoms with E-state index in [-0.39, 0.29) is 11.9 Å². The molecule has 2 aromatic rings. The van der Waals surface area contributed by atoms with Crippen LogP contribution in [0.4, 0.5) is 5.69 Å². The third kappa shape index (κ3) is 5.32. The Bertz CT molecular complexity index is 592. The number of amides is 1. The van der Waals surface area contributed by atoms with Crippen LogP contribution in [0.25, 0.3) is 0 Å². The first-order chi connectivity index (χ1) is 10.0. The number of anilines is 1. The maximum atomic E-state index is 11.6. The average Bonchev–Trinajstić information content (AvgIpc) is 2.83. The van der Waals surface area contributed by atoms with Crippen molar-refractivity contribution in [2.45, 2.75) is 32.4 Å². The van der Waals surface area contributed by atoms with Gasteiger partial charge in [-0.25, -0.2) is 0 Å². The second kappa shape index (κ2) is 7.38. The summed E-state index contributed by atoms with van der Waals surface area (Å²) in [6, 6.07) is 7.72. The molecule has 0 saturated carbocycles. The summed E-state index contributed by atoms with van der Waals surface area (Å²) in [4.78, 5) is 11.6. The first kappa shape index (κ1) is 15.7. The number of rotatable bonds is 6. The van der Waals surface area contributed by atoms with Gasteiger partial charge in [0.25, 0.3) is 0 Å². The number of halogens is 1. The Labute approximate surface area is 132 Å². The van der Waals surface area contributed by atoms with Gasteiger partial charge in [-0.1, -0.05) is 12.1 Å². The first-order valence-corrected chi connectivity index (χ1v) is 7.64. The summed E-state index contributed by atoms with van der Waals surface area (Å²) in [5.74, 6) is -0.0564. The zero-order valence-electron chi connectivity index (χ0n) is 11.9. The third-order valence-corrected chi connectivity index (χ3v) is 3.39. The molecule has 0 aliphatic heterocycles. The number of nitrogens with zero attached hydrogens (tertiary/aromatic N) is 2. The molecule has 0 spiro atoms. The molecule has 112 valence electrons. The Balaban J connectivity index is 1.85. The van der Waals surface area contributed by atoms with Crippen molar-refractivity contribution in [2.24, 2.45) is 5.73 Å². The maximum Gasteiger partial charge on any atom is 0.225 e. The Morgan fingerprint density at radius 1 is 1.43 bits per heavy atom. The van der Waals surface area contributed by atoms with Crippen molar-refractivity contribution in [3.05, 3.63) is 46.7 Å². The minimum atomic E-state index is -0.127. The summed E-state index contributed by atoms with van der Waals surface area (Å²) < 4.78 is 2.87. The standard InChI is InChI=1S/C15H19BrN4O/c1-11(17)8-15(21)19-14-4-2-12(3-5-14)6-7-20-10-13(16)9-18-20/h2-5,9-11H,6-8,17H2,1H3,(H,19,21). The number of carbonyl (C=O) groups is 1. The summed E-state index contributed by atoms with van der Waals surface area (Å²) in [6.45, 7) is 2.64. The lowest BCUT2D eigenvalue weighted by Gasteiger charge is -2.08. The number of nitrogens with two attached hydrogens (primary N) is 1. The summed E-state index contributed by atoms with van der Waals surface area (Å²) in [6.07, 6.45) is 4.94. The van der Waals surface area contributed by atoms with E-state index in [1.807, 2.05) is 42.1 Å². The van der Waals surface area contributed by atoms with Gasteiger partial charge in [-0.2, -0.15) is 5.10 Å². The molecule has 1 aromatic carbocycles. The smallest absolute Gasteiger partial charge is 0.225 e. The second-order valence-corrected chi connectivity index (χ2v) is 6.01. The molecule has 2 rings (SSSR count). The molecule has 21 heavy (non-hydrogen) atoms. The van der Waals surface area contributed by atoms with E-state index in [1.54, 1.807) is 6.20 Å². The lowest BCUT2D eigenvalue weighted by molar-refractivity contribution is -0.116. The van der Waals surface area contributed by atoms with Gasteiger partial charge in [0.05, 0.1) is 10.7 Å². The van der Waals surface area contributed by atoms with Crippen LogP contribution < -0.4 is 11.1 Å². The van der Waals surface area contributed by atoms with E-state index < -0.39 is 0 Å². The normalized spacial score (nSPS) is 12.1. The van der Waals surface area contributed by atoms with E-state index in [2.05, 4.69) is 26.3 Å². The van der Waals surface area contributed by atoms with Gasteiger partial charge in [0.15, 0.2) is 0 Å². The van der Waals surface area contributed by atoms with Crippen LogP contribution in [0.3, 0.4) is 0 Å². The molecule has 0 fully saturated rings. The highest BCUT2D eigenvalue weighted by Crippen LogP contribution is 2.12. The molecule has 3 N–H and O–H groups in total. The van der Waals surface area contributed by atoms with E-state index in [9.17, 15) is 4.79 Å². The predicted molar refractivity (Wildman–Crippen MR) is 87.0 cm³/mol. The molecule has 1 amide bonds. The van der Waals surface area contributed by atoms with Gasteiger partial charge in [0.1, 0.15) is 0 Å². The van der Waals surface area contributed by atoms with Crippen LogP contribution in [0.15, 0.2) is 41.1 Å². The van der Waals surface area contributed by atoms with Crippen molar-refractivity contribution >= 4 is 27.5 Å². The highest BCUT2D eigenvalue weighted by molar-refractivity contribution is 9.10. The van der Waals surface area contributed by atoms with Gasteiger partial charge in [0, 0.05) is 30.9 Å². The van der Waals surface area contributed by atoms with Gasteiger partial charge in [0.2, 0.25) is 5.91 Å². The Morgan fingerprint density at radius 3 is 2.71 bits per heavy atom. The van der Waals surface area contributed by atoms with E-state index in [0.717, 1.165) is 23.1 Å². The fraction of sp³-hybridized carbons (Fsp3) is 0.333. The van der Waals surface area contributed by atoms with Crippen molar-refractivity contribution in [2.75, 3.05) is 5.32 Å². The molecule has 1 unspecified atom stereocenters. The van der Waals surface area contributed by atoms with Gasteiger partial charge >= 0.3 is 0 Å². The number of benzene rings is 1. The Kier molecular flexibility index (Phi) is 5.52. The molecule has 0 bridgehead atoms. The number of nitrogens with one attached hydrogen (secondary N) is 1. The molecule has 1 atom stereocenters. The highest BCUT2D eigenvalue weighted by atomic mass is 79.9. The fourth-order valence-corrected chi connectivity index (χ4v) is 2.29. The molecule has 0 aliphatic rings. The predicted octanol–water partition coefficient (Wildman–Crippen LogP) is 2.56. The summed E-state index contributed by atoms with van der Waals surface area (Å²) in [5.41, 5.74) is 7.59. The highest BCUT2D eigenvalue weighted by Gasteiger charge is 2.05. The van der Waals surface area contributed by atoms with Gasteiger partial charge in [-0.3, -0.25) is 9.48 Å². The third-order valence-electron chi connectivity index (χ3n) is 2.98. The van der Waals surface area contributed by atoms with E-state index in [4.69, 9.17) is 5.73 Å². The summed E-state index contributed by atoms with van der Waals surface area (Å²) in [5, 5.41) is 7.05. The van der Waals surface area contributed by atoms with Crippen molar-refractivity contribution < 1.29 is 4.79 Å².